The second kappa shape index (κ2) is 14.9. The van der Waals surface area contributed by atoms with Gasteiger partial charge in [-0.1, -0.05) is 25.1 Å². The van der Waals surface area contributed by atoms with E-state index in [9.17, 15) is 19.5 Å². The number of aromatic hydroxyl groups is 1. The molecular formula is C37H40N6O7. The SMILES string of the molecule is CNCCN(CCOCCO)C(=O)Oc1cc2c(c3c(C)cccc13)[C@H](C)CN2C(=O)c1cn2cc(NC(=O)c3ccc(O)cc3)ccc2n1. The third kappa shape index (κ3) is 7.10. The molecule has 2 aromatic heterocycles. The highest BCUT2D eigenvalue weighted by atomic mass is 16.6. The molecule has 0 saturated heterocycles. The maximum Gasteiger partial charge on any atom is 0.415 e. The number of aliphatic hydroxyl groups excluding tert-OH is 1. The zero-order chi connectivity index (χ0) is 35.4. The van der Waals surface area contributed by atoms with E-state index in [1.807, 2.05) is 25.1 Å². The van der Waals surface area contributed by atoms with Gasteiger partial charge in [0.2, 0.25) is 0 Å². The number of amides is 3. The third-order valence-corrected chi connectivity index (χ3v) is 8.72. The fraction of sp³-hybridized carbons (Fsp3) is 0.297. The van der Waals surface area contributed by atoms with Crippen LogP contribution in [0.5, 0.6) is 11.5 Å². The van der Waals surface area contributed by atoms with Crippen LogP contribution in [0.25, 0.3) is 16.4 Å². The number of hydrogen-bond donors (Lipinski definition) is 4. The van der Waals surface area contributed by atoms with Crippen LogP contribution in [-0.4, -0.2) is 95.5 Å². The molecule has 0 aliphatic carbocycles. The minimum atomic E-state index is -0.548. The van der Waals surface area contributed by atoms with Gasteiger partial charge < -0.3 is 44.5 Å². The Balaban J connectivity index is 1.29. The number of nitrogens with one attached hydrogen (secondary N) is 2. The normalized spacial score (nSPS) is 13.8. The number of phenols is 1. The molecule has 13 heteroatoms. The minimum Gasteiger partial charge on any atom is -0.508 e. The Bertz CT molecular complexity index is 2040. The van der Waals surface area contributed by atoms with Crippen molar-refractivity contribution in [3.63, 3.8) is 0 Å². The fourth-order valence-electron chi connectivity index (χ4n) is 6.27. The van der Waals surface area contributed by atoms with Crippen LogP contribution in [-0.2, 0) is 4.74 Å². The number of nitrogens with zero attached hydrogens (tertiary/aromatic N) is 4. The topological polar surface area (TPSA) is 158 Å². The van der Waals surface area contributed by atoms with Gasteiger partial charge >= 0.3 is 6.09 Å². The Morgan fingerprint density at radius 3 is 2.60 bits per heavy atom. The molecular weight excluding hydrogens is 640 g/mol. The van der Waals surface area contributed by atoms with E-state index in [1.165, 1.54) is 24.3 Å². The molecule has 50 heavy (non-hydrogen) atoms. The van der Waals surface area contributed by atoms with Crippen molar-refractivity contribution < 1.29 is 34.1 Å². The molecule has 1 aliphatic heterocycles. The quantitative estimate of drug-likeness (QED) is 0.139. The number of hydrogen-bond acceptors (Lipinski definition) is 9. The van der Waals surface area contributed by atoms with Gasteiger partial charge in [-0.05, 0) is 66.9 Å². The molecule has 0 radical (unpaired) electrons. The number of phenolic OH excluding ortho intramolecular Hbond substituents is 1. The van der Waals surface area contributed by atoms with Crippen molar-refractivity contribution in [3.8, 4) is 11.5 Å². The average Bonchev–Trinajstić information content (AvgIpc) is 3.68. The summed E-state index contributed by atoms with van der Waals surface area (Å²) >= 11 is 0. The lowest BCUT2D eigenvalue weighted by atomic mass is 9.92. The van der Waals surface area contributed by atoms with E-state index in [4.69, 9.17) is 14.6 Å². The van der Waals surface area contributed by atoms with Crippen molar-refractivity contribution in [1.82, 2.24) is 19.6 Å². The van der Waals surface area contributed by atoms with E-state index in [-0.39, 0.29) is 55.5 Å². The molecule has 260 valence electrons. The van der Waals surface area contributed by atoms with Crippen LogP contribution in [0.2, 0.25) is 0 Å². The van der Waals surface area contributed by atoms with Crippen LogP contribution in [0.15, 0.2) is 73.1 Å². The summed E-state index contributed by atoms with van der Waals surface area (Å²) in [4.78, 5) is 48.3. The molecule has 0 fully saturated rings. The Morgan fingerprint density at radius 2 is 1.84 bits per heavy atom. The van der Waals surface area contributed by atoms with Crippen molar-refractivity contribution >= 4 is 45.7 Å². The van der Waals surface area contributed by atoms with E-state index >= 15 is 0 Å². The number of likely N-dealkylation sites (N-methyl/N-ethyl adjacent to an activating group) is 1. The Morgan fingerprint density at radius 1 is 1.04 bits per heavy atom. The number of benzene rings is 3. The molecule has 0 bridgehead atoms. The number of aryl methyl sites for hydroxylation is 1. The van der Waals surface area contributed by atoms with Gasteiger partial charge in [0.05, 0.1) is 31.2 Å². The van der Waals surface area contributed by atoms with Crippen LogP contribution in [0.3, 0.4) is 0 Å². The van der Waals surface area contributed by atoms with Crippen LogP contribution in [0.1, 0.15) is 44.8 Å². The lowest BCUT2D eigenvalue weighted by Crippen LogP contribution is -2.40. The van der Waals surface area contributed by atoms with Gasteiger partial charge in [0.1, 0.15) is 22.8 Å². The van der Waals surface area contributed by atoms with Crippen molar-refractivity contribution in [2.24, 2.45) is 0 Å². The second-order valence-electron chi connectivity index (χ2n) is 12.2. The highest BCUT2D eigenvalue weighted by Crippen LogP contribution is 2.46. The monoisotopic (exact) mass is 680 g/mol. The molecule has 4 N–H and O–H groups in total. The molecule has 0 unspecified atom stereocenters. The molecule has 3 heterocycles. The lowest BCUT2D eigenvalue weighted by molar-refractivity contribution is 0.0731. The summed E-state index contributed by atoms with van der Waals surface area (Å²) in [5.41, 5.74) is 4.28. The molecule has 0 saturated carbocycles. The van der Waals surface area contributed by atoms with Crippen LogP contribution >= 0.6 is 0 Å². The standard InChI is InChI=1S/C37H40N6O7/c1-23-5-4-6-28-31(50-37(48)41(14-13-38-3)15-17-49-18-16-44)19-30-34(33(23)28)24(2)20-43(30)36(47)29-22-42-21-26(9-12-32(42)40-29)39-35(46)25-7-10-27(45)11-8-25/h4-12,19,21-22,24,38,44-45H,13-18,20H2,1-3H3,(H,39,46)/t24-/m1/s1. The van der Waals surface area contributed by atoms with Crippen LogP contribution in [0.4, 0.5) is 16.2 Å². The van der Waals surface area contributed by atoms with Gasteiger partial charge in [0.25, 0.3) is 11.8 Å². The van der Waals surface area contributed by atoms with E-state index in [2.05, 4.69) is 22.5 Å². The molecule has 1 atom stereocenters. The van der Waals surface area contributed by atoms with Gasteiger partial charge in [-0.15, -0.1) is 0 Å². The zero-order valence-electron chi connectivity index (χ0n) is 28.2. The third-order valence-electron chi connectivity index (χ3n) is 8.72. The molecule has 1 aliphatic rings. The summed E-state index contributed by atoms with van der Waals surface area (Å²) in [6.07, 6.45) is 2.76. The van der Waals surface area contributed by atoms with Crippen molar-refractivity contribution in [1.29, 1.82) is 0 Å². The van der Waals surface area contributed by atoms with Crippen LogP contribution in [0, 0.1) is 6.92 Å². The summed E-state index contributed by atoms with van der Waals surface area (Å²) < 4.78 is 13.2. The number of anilines is 2. The maximum atomic E-state index is 14.2. The Kier molecular flexibility index (Phi) is 10.3. The minimum absolute atomic E-state index is 0.00292. The van der Waals surface area contributed by atoms with Gasteiger partial charge in [0.15, 0.2) is 0 Å². The van der Waals surface area contributed by atoms with Crippen LogP contribution < -0.4 is 20.3 Å². The second-order valence-corrected chi connectivity index (χ2v) is 12.2. The first kappa shape index (κ1) is 34.4. The Labute approximate surface area is 289 Å². The number of pyridine rings is 1. The predicted molar refractivity (Wildman–Crippen MR) is 189 cm³/mol. The van der Waals surface area contributed by atoms with E-state index in [1.54, 1.807) is 51.8 Å². The summed E-state index contributed by atoms with van der Waals surface area (Å²) in [7, 11) is 1.80. The molecule has 6 rings (SSSR count). The van der Waals surface area contributed by atoms with Gasteiger partial charge in [-0.2, -0.15) is 0 Å². The molecule has 3 aromatic carbocycles. The summed E-state index contributed by atoms with van der Waals surface area (Å²) in [5, 5.41) is 26.2. The number of ether oxygens (including phenoxy) is 2. The fourth-order valence-corrected chi connectivity index (χ4v) is 6.27. The van der Waals surface area contributed by atoms with Gasteiger partial charge in [-0.3, -0.25) is 9.59 Å². The summed E-state index contributed by atoms with van der Waals surface area (Å²) in [5.74, 6) is -0.248. The number of aromatic nitrogens is 2. The highest BCUT2D eigenvalue weighted by Gasteiger charge is 2.35. The van der Waals surface area contributed by atoms with Gasteiger partial charge in [0, 0.05) is 61.5 Å². The Hall–Kier alpha value is -5.50. The number of aliphatic hydroxyl groups is 1. The number of rotatable bonds is 12. The van der Waals surface area contributed by atoms with E-state index < -0.39 is 6.09 Å². The smallest absolute Gasteiger partial charge is 0.415 e. The number of fused-ring (bicyclic) bond motifs is 4. The number of imidazole rings is 1. The van der Waals surface area contributed by atoms with E-state index in [0.29, 0.717) is 48.0 Å². The molecule has 13 nitrogen and oxygen atoms in total. The molecule has 5 aromatic rings. The number of carbonyl (C=O) groups is 3. The lowest BCUT2D eigenvalue weighted by Gasteiger charge is -2.23. The first-order chi connectivity index (χ1) is 24.2. The molecule has 0 spiro atoms. The largest absolute Gasteiger partial charge is 0.508 e. The van der Waals surface area contributed by atoms with Crippen molar-refractivity contribution in [2.75, 3.05) is 63.3 Å². The molecule has 3 amide bonds. The van der Waals surface area contributed by atoms with Crippen molar-refractivity contribution in [2.45, 2.75) is 19.8 Å². The van der Waals surface area contributed by atoms with Crippen molar-refractivity contribution in [3.05, 3.63) is 95.4 Å². The maximum absolute atomic E-state index is 14.2. The number of carbonyl (C=O) groups excluding carboxylic acids is 3. The summed E-state index contributed by atoms with van der Waals surface area (Å²) in [6, 6.07) is 17.0. The predicted octanol–water partition coefficient (Wildman–Crippen LogP) is 4.55. The first-order valence-corrected chi connectivity index (χ1v) is 16.5. The highest BCUT2D eigenvalue weighted by molar-refractivity contribution is 6.10. The summed E-state index contributed by atoms with van der Waals surface area (Å²) in [6.45, 7) is 6.01. The van der Waals surface area contributed by atoms with E-state index in [0.717, 1.165) is 21.9 Å². The van der Waals surface area contributed by atoms with Gasteiger partial charge in [-0.25, -0.2) is 9.78 Å². The zero-order valence-corrected chi connectivity index (χ0v) is 28.2. The average molecular weight is 681 g/mol. The first-order valence-electron chi connectivity index (χ1n) is 16.5.